The molecule has 0 saturated heterocycles. The van der Waals surface area contributed by atoms with Crippen LogP contribution < -0.4 is 5.32 Å². The summed E-state index contributed by atoms with van der Waals surface area (Å²) in [6.07, 6.45) is 0.750. The molecule has 4 nitrogen and oxygen atoms in total. The minimum Gasteiger partial charge on any atom is -0.358 e. The van der Waals surface area contributed by atoms with Gasteiger partial charge >= 0.3 is 0 Å². The van der Waals surface area contributed by atoms with Gasteiger partial charge in [0.25, 0.3) is 5.91 Å². The number of nitrogens with zero attached hydrogens (tertiary/aromatic N) is 1. The largest absolute Gasteiger partial charge is 0.358 e. The molecule has 1 aliphatic heterocycles. The average molecular weight is 342 g/mol. The van der Waals surface area contributed by atoms with Gasteiger partial charge in [-0.2, -0.15) is 0 Å². The van der Waals surface area contributed by atoms with E-state index in [1.165, 1.54) is 6.07 Å². The van der Waals surface area contributed by atoms with Gasteiger partial charge in [0.1, 0.15) is 11.0 Å². The van der Waals surface area contributed by atoms with Crippen LogP contribution in [0.4, 0.5) is 4.39 Å². The molecular formula is C18H13ClFN3O. The van der Waals surface area contributed by atoms with Gasteiger partial charge in [-0.3, -0.25) is 4.79 Å². The number of aromatic nitrogens is 2. The van der Waals surface area contributed by atoms with E-state index in [4.69, 9.17) is 11.6 Å². The molecule has 0 saturated carbocycles. The summed E-state index contributed by atoms with van der Waals surface area (Å²) in [5.41, 5.74) is 3.89. The van der Waals surface area contributed by atoms with Crippen molar-refractivity contribution in [3.05, 3.63) is 64.7 Å². The maximum atomic E-state index is 14.0. The van der Waals surface area contributed by atoms with E-state index in [0.29, 0.717) is 23.4 Å². The van der Waals surface area contributed by atoms with Gasteiger partial charge in [0.15, 0.2) is 0 Å². The van der Waals surface area contributed by atoms with E-state index in [2.05, 4.69) is 15.3 Å². The molecule has 3 aromatic rings. The predicted octanol–water partition coefficient (Wildman–Crippen LogP) is 3.82. The van der Waals surface area contributed by atoms with Crippen molar-refractivity contribution in [2.45, 2.75) is 6.42 Å². The van der Waals surface area contributed by atoms with Crippen LogP contribution in [0.15, 0.2) is 42.5 Å². The van der Waals surface area contributed by atoms with Crippen LogP contribution in [0, 0.1) is 5.82 Å². The second kappa shape index (κ2) is 5.76. The Morgan fingerprint density at radius 3 is 2.75 bits per heavy atom. The van der Waals surface area contributed by atoms with Crippen LogP contribution in [-0.2, 0) is 6.42 Å². The van der Waals surface area contributed by atoms with Crippen LogP contribution in [0.25, 0.3) is 22.5 Å². The predicted molar refractivity (Wildman–Crippen MR) is 90.5 cm³/mol. The molecule has 0 spiro atoms. The second-order valence-corrected chi connectivity index (χ2v) is 6.01. The normalized spacial score (nSPS) is 13.5. The van der Waals surface area contributed by atoms with E-state index in [9.17, 15) is 9.18 Å². The summed E-state index contributed by atoms with van der Waals surface area (Å²) in [6, 6.07) is 11.7. The van der Waals surface area contributed by atoms with E-state index in [1.807, 2.05) is 0 Å². The molecule has 120 valence electrons. The lowest BCUT2D eigenvalue weighted by Gasteiger charge is -2.11. The Balaban J connectivity index is 1.83. The Labute approximate surface area is 142 Å². The molecule has 2 N–H and O–H groups in total. The first-order valence-electron chi connectivity index (χ1n) is 7.55. The zero-order chi connectivity index (χ0) is 16.7. The number of hydrogen-bond donors (Lipinski definition) is 2. The molecule has 0 unspecified atom stereocenters. The third-order valence-electron chi connectivity index (χ3n) is 4.06. The number of H-pyrrole nitrogens is 1. The van der Waals surface area contributed by atoms with Crippen molar-refractivity contribution >= 4 is 17.5 Å². The van der Waals surface area contributed by atoms with Crippen LogP contribution in [0.1, 0.15) is 16.1 Å². The molecule has 4 rings (SSSR count). The highest BCUT2D eigenvalue weighted by molar-refractivity contribution is 6.29. The Hall–Kier alpha value is -2.66. The first-order valence-corrected chi connectivity index (χ1v) is 7.92. The number of nitrogens with one attached hydrogen (secondary N) is 2. The zero-order valence-electron chi connectivity index (χ0n) is 12.6. The average Bonchev–Trinajstić information content (AvgIpc) is 3.00. The quantitative estimate of drug-likeness (QED) is 0.696. The third kappa shape index (κ3) is 2.57. The highest BCUT2D eigenvalue weighted by atomic mass is 35.5. The van der Waals surface area contributed by atoms with E-state index < -0.39 is 0 Å². The Kier molecular flexibility index (Phi) is 3.58. The molecule has 24 heavy (non-hydrogen) atoms. The Bertz CT molecular complexity index is 951. The van der Waals surface area contributed by atoms with E-state index in [1.54, 1.807) is 36.4 Å². The summed E-state index contributed by atoms with van der Waals surface area (Å²) >= 11 is 6.13. The smallest absolute Gasteiger partial charge is 0.253 e. The highest BCUT2D eigenvalue weighted by Crippen LogP contribution is 2.30. The van der Waals surface area contributed by atoms with Crippen molar-refractivity contribution in [1.29, 1.82) is 0 Å². The minimum absolute atomic E-state index is 0.0896. The van der Waals surface area contributed by atoms with Gasteiger partial charge in [-0.25, -0.2) is 9.37 Å². The van der Waals surface area contributed by atoms with E-state index in [-0.39, 0.29) is 16.9 Å². The molecule has 3 heterocycles. The summed E-state index contributed by atoms with van der Waals surface area (Å²) in [7, 11) is 0. The van der Waals surface area contributed by atoms with E-state index >= 15 is 0 Å². The molecule has 0 radical (unpaired) electrons. The minimum atomic E-state index is -0.358. The molecule has 0 fully saturated rings. The molecular weight excluding hydrogens is 329 g/mol. The topological polar surface area (TPSA) is 57.8 Å². The zero-order valence-corrected chi connectivity index (χ0v) is 13.3. The monoisotopic (exact) mass is 341 g/mol. The lowest BCUT2D eigenvalue weighted by Crippen LogP contribution is -2.31. The molecule has 1 aromatic carbocycles. The van der Waals surface area contributed by atoms with Crippen LogP contribution in [0.3, 0.4) is 0 Å². The van der Waals surface area contributed by atoms with Crippen molar-refractivity contribution in [3.63, 3.8) is 0 Å². The number of fused-ring (bicyclic) bond motifs is 1. The fourth-order valence-corrected chi connectivity index (χ4v) is 3.12. The summed E-state index contributed by atoms with van der Waals surface area (Å²) < 4.78 is 14.0. The third-order valence-corrected chi connectivity index (χ3v) is 4.25. The fourth-order valence-electron chi connectivity index (χ4n) is 2.91. The summed E-state index contributed by atoms with van der Waals surface area (Å²) in [4.78, 5) is 19.4. The fraction of sp³-hybridized carbons (Fsp3) is 0.111. The van der Waals surface area contributed by atoms with Crippen LogP contribution >= 0.6 is 11.6 Å². The van der Waals surface area contributed by atoms with Gasteiger partial charge in [0.2, 0.25) is 0 Å². The summed E-state index contributed by atoms with van der Waals surface area (Å²) in [5.74, 6) is -0.448. The van der Waals surface area contributed by atoms with Gasteiger partial charge in [-0.05, 0) is 30.3 Å². The number of hydrogen-bond acceptors (Lipinski definition) is 2. The number of pyridine rings is 1. The van der Waals surface area contributed by atoms with Crippen molar-refractivity contribution in [2.24, 2.45) is 0 Å². The van der Waals surface area contributed by atoms with Gasteiger partial charge in [-0.1, -0.05) is 23.7 Å². The number of rotatable bonds is 2. The van der Waals surface area contributed by atoms with Crippen molar-refractivity contribution in [3.8, 4) is 22.5 Å². The van der Waals surface area contributed by atoms with Crippen molar-refractivity contribution < 1.29 is 9.18 Å². The number of benzene rings is 1. The summed E-state index contributed by atoms with van der Waals surface area (Å²) in [5, 5.41) is 3.08. The molecule has 1 amide bonds. The SMILES string of the molecule is O=C1NCCc2[nH]c(-c3cc(Cl)nc(-c4ccccc4F)c3)cc21. The first kappa shape index (κ1) is 14.9. The maximum absolute atomic E-state index is 14.0. The van der Waals surface area contributed by atoms with Crippen LogP contribution in [0.2, 0.25) is 5.15 Å². The van der Waals surface area contributed by atoms with E-state index in [0.717, 1.165) is 23.4 Å². The van der Waals surface area contributed by atoms with Gasteiger partial charge in [-0.15, -0.1) is 0 Å². The standard InChI is InChI=1S/C18H13ClFN3O/c19-17-8-10(7-16(23-17)11-3-1-2-4-13(11)20)15-9-12-14(22-15)5-6-21-18(12)24/h1-4,7-9,22H,5-6H2,(H,21,24). The van der Waals surface area contributed by atoms with Crippen molar-refractivity contribution in [1.82, 2.24) is 15.3 Å². The van der Waals surface area contributed by atoms with Crippen molar-refractivity contribution in [2.75, 3.05) is 6.54 Å². The number of carbonyl (C=O) groups excluding carboxylic acids is 1. The highest BCUT2D eigenvalue weighted by Gasteiger charge is 2.20. The molecule has 0 atom stereocenters. The number of halogens is 2. The molecule has 1 aliphatic rings. The van der Waals surface area contributed by atoms with Gasteiger partial charge < -0.3 is 10.3 Å². The van der Waals surface area contributed by atoms with Gasteiger partial charge in [0.05, 0.1) is 11.3 Å². The second-order valence-electron chi connectivity index (χ2n) is 5.62. The number of amides is 1. The first-order chi connectivity index (χ1) is 11.6. The molecule has 2 aromatic heterocycles. The Morgan fingerprint density at radius 2 is 1.96 bits per heavy atom. The summed E-state index contributed by atoms with van der Waals surface area (Å²) in [6.45, 7) is 0.614. The molecule has 0 bridgehead atoms. The van der Waals surface area contributed by atoms with Crippen LogP contribution in [-0.4, -0.2) is 22.4 Å². The maximum Gasteiger partial charge on any atom is 0.253 e. The molecule has 6 heteroatoms. The van der Waals surface area contributed by atoms with Gasteiger partial charge in [0, 0.05) is 35.5 Å². The lowest BCUT2D eigenvalue weighted by molar-refractivity contribution is 0.0946. The number of carbonyl (C=O) groups is 1. The molecule has 0 aliphatic carbocycles. The number of aromatic amines is 1. The Morgan fingerprint density at radius 1 is 1.12 bits per heavy atom. The van der Waals surface area contributed by atoms with Crippen LogP contribution in [0.5, 0.6) is 0 Å². The lowest BCUT2D eigenvalue weighted by atomic mass is 10.1.